The van der Waals surface area contributed by atoms with E-state index in [1.807, 2.05) is 6.08 Å². The number of carbonyl (C=O) groups excluding carboxylic acids is 2. The molecule has 0 saturated carbocycles. The van der Waals surface area contributed by atoms with Gasteiger partial charge >= 0.3 is 5.97 Å². The molecule has 0 aliphatic rings. The van der Waals surface area contributed by atoms with Crippen molar-refractivity contribution in [3.05, 3.63) is 24.3 Å². The van der Waals surface area contributed by atoms with Crippen molar-refractivity contribution in [2.75, 3.05) is 13.2 Å². The van der Waals surface area contributed by atoms with Crippen LogP contribution in [-0.2, 0) is 14.3 Å². The third-order valence-electron chi connectivity index (χ3n) is 15.2. The van der Waals surface area contributed by atoms with Gasteiger partial charge in [0.2, 0.25) is 5.91 Å². The van der Waals surface area contributed by atoms with E-state index < -0.39 is 12.1 Å². The van der Waals surface area contributed by atoms with Crippen LogP contribution in [0.4, 0.5) is 0 Å². The zero-order valence-electron chi connectivity index (χ0n) is 48.7. The van der Waals surface area contributed by atoms with Gasteiger partial charge in [0.05, 0.1) is 25.4 Å². The maximum atomic E-state index is 12.5. The highest BCUT2D eigenvalue weighted by Crippen LogP contribution is 2.18. The van der Waals surface area contributed by atoms with Crippen LogP contribution >= 0.6 is 0 Å². The number of hydrogen-bond acceptors (Lipinski definition) is 5. The van der Waals surface area contributed by atoms with Crippen molar-refractivity contribution in [1.82, 2.24) is 5.32 Å². The molecule has 426 valence electrons. The highest BCUT2D eigenvalue weighted by atomic mass is 16.5. The Balaban J connectivity index is 3.37. The van der Waals surface area contributed by atoms with Crippen LogP contribution in [0.25, 0.3) is 0 Å². The fourth-order valence-corrected chi connectivity index (χ4v) is 10.2. The molecule has 0 aliphatic carbocycles. The lowest BCUT2D eigenvalue weighted by molar-refractivity contribution is -0.143. The summed E-state index contributed by atoms with van der Waals surface area (Å²) in [5.41, 5.74) is 0. The van der Waals surface area contributed by atoms with E-state index in [9.17, 15) is 19.8 Å². The van der Waals surface area contributed by atoms with E-state index in [0.29, 0.717) is 19.4 Å². The van der Waals surface area contributed by atoms with E-state index in [1.165, 1.54) is 295 Å². The van der Waals surface area contributed by atoms with Gasteiger partial charge in [0.25, 0.3) is 0 Å². The Morgan fingerprint density at radius 1 is 0.375 bits per heavy atom. The normalized spacial score (nSPS) is 12.7. The molecular formula is C66H127NO5. The standard InChI is InChI=1S/C66H127NO5/c1-3-5-7-9-11-13-15-17-36-40-44-48-52-56-60-66(71)72-61-57-53-49-45-41-37-33-31-29-27-25-23-21-19-18-20-22-24-26-28-30-32-35-39-43-47-51-55-59-65(70)67-63(62-68)64(69)58-54-50-46-42-38-34-16-14-12-10-8-6-4-2/h18-19,54,58,63-64,68-69H,3-17,20-53,55-57,59-62H2,1-2H3,(H,67,70)/b19-18-,58-54+. The number of nitrogens with one attached hydrogen (secondary N) is 1. The molecule has 0 aromatic carbocycles. The van der Waals surface area contributed by atoms with E-state index in [1.54, 1.807) is 6.08 Å². The summed E-state index contributed by atoms with van der Waals surface area (Å²) >= 11 is 0. The third kappa shape index (κ3) is 57.6. The summed E-state index contributed by atoms with van der Waals surface area (Å²) in [4.78, 5) is 24.5. The topological polar surface area (TPSA) is 95.9 Å². The number of aliphatic hydroxyl groups excluding tert-OH is 2. The first-order valence-electron chi connectivity index (χ1n) is 32.6. The van der Waals surface area contributed by atoms with Gasteiger partial charge in [-0.1, -0.05) is 314 Å². The van der Waals surface area contributed by atoms with Crippen LogP contribution in [0.3, 0.4) is 0 Å². The van der Waals surface area contributed by atoms with E-state index in [0.717, 1.165) is 38.5 Å². The van der Waals surface area contributed by atoms with Gasteiger partial charge in [-0.05, 0) is 57.8 Å². The number of ether oxygens (including phenoxy) is 1. The van der Waals surface area contributed by atoms with Crippen LogP contribution in [0.15, 0.2) is 24.3 Å². The minimum absolute atomic E-state index is 0.0181. The largest absolute Gasteiger partial charge is 0.466 e. The van der Waals surface area contributed by atoms with Crippen LogP contribution in [0.5, 0.6) is 0 Å². The quantitative estimate of drug-likeness (QED) is 0.0320. The second-order valence-electron chi connectivity index (χ2n) is 22.5. The molecular weight excluding hydrogens is 887 g/mol. The number of aliphatic hydroxyl groups is 2. The minimum atomic E-state index is -0.843. The van der Waals surface area contributed by atoms with Gasteiger partial charge in [0.15, 0.2) is 0 Å². The van der Waals surface area contributed by atoms with Crippen molar-refractivity contribution >= 4 is 11.9 Å². The number of allylic oxidation sites excluding steroid dienone is 3. The zero-order valence-corrected chi connectivity index (χ0v) is 48.7. The van der Waals surface area contributed by atoms with Crippen molar-refractivity contribution in [2.45, 2.75) is 373 Å². The number of carbonyl (C=O) groups is 2. The second-order valence-corrected chi connectivity index (χ2v) is 22.5. The summed E-state index contributed by atoms with van der Waals surface area (Å²) in [6.07, 6.45) is 76.7. The molecule has 0 fully saturated rings. The Bertz CT molecular complexity index is 1120. The maximum absolute atomic E-state index is 12.5. The van der Waals surface area contributed by atoms with Crippen LogP contribution in [0, 0.1) is 0 Å². The van der Waals surface area contributed by atoms with Gasteiger partial charge in [-0.25, -0.2) is 0 Å². The summed E-state index contributed by atoms with van der Waals surface area (Å²) in [6, 6.07) is -0.627. The fraction of sp³-hybridized carbons (Fsp3) is 0.909. The molecule has 0 spiro atoms. The fourth-order valence-electron chi connectivity index (χ4n) is 10.2. The molecule has 0 aromatic heterocycles. The molecule has 0 aromatic rings. The Morgan fingerprint density at radius 3 is 0.986 bits per heavy atom. The lowest BCUT2D eigenvalue weighted by atomic mass is 10.0. The Labute approximate surface area is 450 Å². The smallest absolute Gasteiger partial charge is 0.305 e. The Morgan fingerprint density at radius 2 is 0.653 bits per heavy atom. The first kappa shape index (κ1) is 70.3. The molecule has 0 saturated heterocycles. The van der Waals surface area contributed by atoms with Gasteiger partial charge in [-0.15, -0.1) is 0 Å². The van der Waals surface area contributed by atoms with Gasteiger partial charge in [0, 0.05) is 12.8 Å². The van der Waals surface area contributed by atoms with E-state index in [4.69, 9.17) is 4.74 Å². The minimum Gasteiger partial charge on any atom is -0.466 e. The summed E-state index contributed by atoms with van der Waals surface area (Å²) in [7, 11) is 0. The zero-order chi connectivity index (χ0) is 52.2. The van der Waals surface area contributed by atoms with E-state index >= 15 is 0 Å². The number of amides is 1. The maximum Gasteiger partial charge on any atom is 0.305 e. The predicted molar refractivity (Wildman–Crippen MR) is 315 cm³/mol. The molecule has 0 aliphatic heterocycles. The van der Waals surface area contributed by atoms with Crippen molar-refractivity contribution in [3.63, 3.8) is 0 Å². The predicted octanol–water partition coefficient (Wildman–Crippen LogP) is 20.6. The van der Waals surface area contributed by atoms with Crippen molar-refractivity contribution in [1.29, 1.82) is 0 Å². The number of hydrogen-bond donors (Lipinski definition) is 3. The highest BCUT2D eigenvalue weighted by Gasteiger charge is 2.18. The summed E-state index contributed by atoms with van der Waals surface area (Å²) in [6.45, 7) is 4.92. The van der Waals surface area contributed by atoms with Gasteiger partial charge < -0.3 is 20.3 Å². The van der Waals surface area contributed by atoms with Crippen molar-refractivity contribution in [2.24, 2.45) is 0 Å². The van der Waals surface area contributed by atoms with Crippen LogP contribution in [0.1, 0.15) is 361 Å². The molecule has 72 heavy (non-hydrogen) atoms. The molecule has 2 unspecified atom stereocenters. The molecule has 1 amide bonds. The molecule has 3 N–H and O–H groups in total. The molecule has 2 atom stereocenters. The number of unbranched alkanes of at least 4 members (excludes halogenated alkanes) is 48. The molecule has 0 heterocycles. The van der Waals surface area contributed by atoms with Crippen LogP contribution in [0.2, 0.25) is 0 Å². The van der Waals surface area contributed by atoms with E-state index in [2.05, 4.69) is 31.3 Å². The van der Waals surface area contributed by atoms with Gasteiger partial charge in [0.1, 0.15) is 0 Å². The molecule has 6 nitrogen and oxygen atoms in total. The SMILES string of the molecule is CCCCCCCCCCCCC/C=C/C(O)C(CO)NC(=O)CCCCCCCCCCCCCC/C=C\CCCCCCCCCCCCCCOC(=O)CCCCCCCCCCCCCCCC. The molecule has 0 rings (SSSR count). The number of esters is 1. The molecule has 0 radical (unpaired) electrons. The first-order chi connectivity index (χ1) is 35.5. The number of rotatable bonds is 61. The van der Waals surface area contributed by atoms with Crippen molar-refractivity contribution < 1.29 is 24.5 Å². The van der Waals surface area contributed by atoms with Crippen molar-refractivity contribution in [3.8, 4) is 0 Å². The van der Waals surface area contributed by atoms with Gasteiger partial charge in [-0.2, -0.15) is 0 Å². The molecule has 0 bridgehead atoms. The lowest BCUT2D eigenvalue weighted by Gasteiger charge is -2.20. The summed E-state index contributed by atoms with van der Waals surface area (Å²) < 4.78 is 5.49. The average molecular weight is 1010 g/mol. The third-order valence-corrected chi connectivity index (χ3v) is 15.2. The molecule has 6 heteroatoms. The lowest BCUT2D eigenvalue weighted by Crippen LogP contribution is -2.45. The Kier molecular flexibility index (Phi) is 60.5. The Hall–Kier alpha value is -1.66. The summed E-state index contributed by atoms with van der Waals surface area (Å²) in [5, 5.41) is 23.1. The second kappa shape index (κ2) is 61.9. The van der Waals surface area contributed by atoms with Crippen LogP contribution in [-0.4, -0.2) is 47.4 Å². The first-order valence-corrected chi connectivity index (χ1v) is 32.6. The van der Waals surface area contributed by atoms with Crippen LogP contribution < -0.4 is 5.32 Å². The van der Waals surface area contributed by atoms with Gasteiger partial charge in [-0.3, -0.25) is 9.59 Å². The average Bonchev–Trinajstić information content (AvgIpc) is 3.38. The van der Waals surface area contributed by atoms with E-state index in [-0.39, 0.29) is 18.5 Å². The summed E-state index contributed by atoms with van der Waals surface area (Å²) in [5.74, 6) is -0.0487. The highest BCUT2D eigenvalue weighted by molar-refractivity contribution is 5.76. The monoisotopic (exact) mass is 1010 g/mol.